The van der Waals surface area contributed by atoms with Crippen molar-refractivity contribution in [1.29, 1.82) is 0 Å². The highest BCUT2D eigenvalue weighted by molar-refractivity contribution is 5.98. The van der Waals surface area contributed by atoms with Crippen LogP contribution in [0.2, 0.25) is 0 Å². The van der Waals surface area contributed by atoms with Crippen LogP contribution in [-0.2, 0) is 9.53 Å². The Morgan fingerprint density at radius 3 is 2.18 bits per heavy atom. The first kappa shape index (κ1) is 22.0. The fourth-order valence-corrected chi connectivity index (χ4v) is 3.92. The first-order valence-corrected chi connectivity index (χ1v) is 10.3. The zero-order chi connectivity index (χ0) is 23.5. The first-order chi connectivity index (χ1) is 15.9. The van der Waals surface area contributed by atoms with Crippen molar-refractivity contribution in [2.24, 2.45) is 0 Å². The van der Waals surface area contributed by atoms with E-state index in [1.807, 2.05) is 48.5 Å². The second-order valence-electron chi connectivity index (χ2n) is 7.65. The number of rotatable bonds is 6. The summed E-state index contributed by atoms with van der Waals surface area (Å²) in [6, 6.07) is 18.4. The van der Waals surface area contributed by atoms with Gasteiger partial charge in [0.05, 0.1) is 11.3 Å². The van der Waals surface area contributed by atoms with Crippen LogP contribution in [0.3, 0.4) is 0 Å². The predicted molar refractivity (Wildman–Crippen MR) is 120 cm³/mol. The van der Waals surface area contributed by atoms with Gasteiger partial charge in [-0.3, -0.25) is 4.79 Å². The molecular weight excluding hydrogens is 427 g/mol. The molecule has 0 heterocycles. The number of ether oxygens (including phenoxy) is 1. The predicted octanol–water partition coefficient (Wildman–Crippen LogP) is 4.39. The summed E-state index contributed by atoms with van der Waals surface area (Å²) in [5.74, 6) is -3.36. The number of nitrogens with one attached hydrogen (secondary N) is 2. The molecule has 3 N–H and O–H groups in total. The number of carboxylic acids is 1. The Morgan fingerprint density at radius 2 is 1.58 bits per heavy atom. The minimum absolute atomic E-state index is 0.0868. The lowest BCUT2D eigenvalue weighted by atomic mass is 9.98. The smallest absolute Gasteiger partial charge is 0.407 e. The number of hydrogen-bond acceptors (Lipinski definition) is 4. The Labute approximate surface area is 189 Å². The van der Waals surface area contributed by atoms with Crippen molar-refractivity contribution in [1.82, 2.24) is 5.32 Å². The van der Waals surface area contributed by atoms with Crippen molar-refractivity contribution >= 4 is 23.7 Å². The van der Waals surface area contributed by atoms with Gasteiger partial charge < -0.3 is 20.5 Å². The minimum Gasteiger partial charge on any atom is -0.478 e. The molecule has 8 heteroatoms. The fourth-order valence-electron chi connectivity index (χ4n) is 3.92. The Hall–Kier alpha value is -4.20. The van der Waals surface area contributed by atoms with Crippen LogP contribution < -0.4 is 10.6 Å². The quantitative estimate of drug-likeness (QED) is 0.519. The molecule has 33 heavy (non-hydrogen) atoms. The summed E-state index contributed by atoms with van der Waals surface area (Å²) in [5, 5.41) is 13.7. The summed E-state index contributed by atoms with van der Waals surface area (Å²) in [6.45, 7) is 1.50. The van der Waals surface area contributed by atoms with Crippen molar-refractivity contribution in [2.75, 3.05) is 11.9 Å². The van der Waals surface area contributed by atoms with Crippen LogP contribution in [0.25, 0.3) is 11.1 Å². The highest BCUT2D eigenvalue weighted by Gasteiger charge is 2.29. The number of alkyl carbamates (subject to hydrolysis) is 1. The summed E-state index contributed by atoms with van der Waals surface area (Å²) in [5.41, 5.74) is 3.46. The number of halogens is 1. The van der Waals surface area contributed by atoms with Crippen molar-refractivity contribution in [3.63, 3.8) is 0 Å². The van der Waals surface area contributed by atoms with E-state index in [4.69, 9.17) is 9.84 Å². The Morgan fingerprint density at radius 1 is 0.970 bits per heavy atom. The monoisotopic (exact) mass is 448 g/mol. The van der Waals surface area contributed by atoms with Gasteiger partial charge in [-0.2, -0.15) is 0 Å². The topological polar surface area (TPSA) is 105 Å². The van der Waals surface area contributed by atoms with Gasteiger partial charge in [-0.15, -0.1) is 0 Å². The van der Waals surface area contributed by atoms with Gasteiger partial charge >= 0.3 is 12.1 Å². The van der Waals surface area contributed by atoms with E-state index in [9.17, 15) is 18.8 Å². The molecule has 0 bridgehead atoms. The van der Waals surface area contributed by atoms with Crippen LogP contribution in [0.1, 0.15) is 34.3 Å². The average molecular weight is 448 g/mol. The third-order valence-corrected chi connectivity index (χ3v) is 5.56. The van der Waals surface area contributed by atoms with Crippen LogP contribution in [0.5, 0.6) is 0 Å². The molecule has 1 aliphatic carbocycles. The Bertz CT molecular complexity index is 1200. The van der Waals surface area contributed by atoms with E-state index in [0.717, 1.165) is 28.3 Å². The molecule has 1 unspecified atom stereocenters. The number of carbonyl (C=O) groups excluding carboxylic acids is 2. The van der Waals surface area contributed by atoms with E-state index in [1.165, 1.54) is 19.1 Å². The molecule has 2 amide bonds. The zero-order valence-electron chi connectivity index (χ0n) is 17.7. The second-order valence-corrected chi connectivity index (χ2v) is 7.65. The van der Waals surface area contributed by atoms with E-state index in [2.05, 4.69) is 10.6 Å². The second kappa shape index (κ2) is 9.12. The molecule has 4 rings (SSSR count). The van der Waals surface area contributed by atoms with Crippen LogP contribution in [0.15, 0.2) is 66.7 Å². The lowest BCUT2D eigenvalue weighted by Gasteiger charge is -2.17. The lowest BCUT2D eigenvalue weighted by molar-refractivity contribution is -0.117. The standard InChI is InChI=1S/C25H21FN2O5/c1-14(23(29)28-21-12-6-11-19(22(21)26)24(30)31)27-25(32)33-13-20-17-9-4-2-7-15(17)16-8-3-5-10-18(16)20/h2-12,14,20H,13H2,1H3,(H,27,32)(H,28,29)(H,30,31). The first-order valence-electron chi connectivity index (χ1n) is 10.3. The molecule has 0 aromatic heterocycles. The highest BCUT2D eigenvalue weighted by Crippen LogP contribution is 2.44. The minimum atomic E-state index is -1.45. The molecule has 0 saturated heterocycles. The van der Waals surface area contributed by atoms with Gasteiger partial charge in [-0.1, -0.05) is 54.6 Å². The summed E-state index contributed by atoms with van der Waals surface area (Å²) >= 11 is 0. The number of amides is 2. The fraction of sp³-hybridized carbons (Fsp3) is 0.160. The zero-order valence-corrected chi connectivity index (χ0v) is 17.7. The van der Waals surface area contributed by atoms with Crippen LogP contribution in [-0.4, -0.2) is 35.7 Å². The maximum absolute atomic E-state index is 14.2. The molecule has 1 atom stereocenters. The van der Waals surface area contributed by atoms with Crippen LogP contribution in [0, 0.1) is 5.82 Å². The van der Waals surface area contributed by atoms with Gasteiger partial charge in [0.2, 0.25) is 5.91 Å². The van der Waals surface area contributed by atoms with E-state index in [1.54, 1.807) is 0 Å². The van der Waals surface area contributed by atoms with Gasteiger partial charge in [-0.25, -0.2) is 14.0 Å². The number of benzene rings is 3. The van der Waals surface area contributed by atoms with E-state index >= 15 is 0 Å². The molecular formula is C25H21FN2O5. The Balaban J connectivity index is 1.37. The molecule has 0 fully saturated rings. The van der Waals surface area contributed by atoms with E-state index in [0.29, 0.717) is 0 Å². The van der Waals surface area contributed by atoms with Crippen molar-refractivity contribution in [3.8, 4) is 11.1 Å². The molecule has 168 valence electrons. The SMILES string of the molecule is CC(NC(=O)OCC1c2ccccc2-c2ccccc21)C(=O)Nc1cccc(C(=O)O)c1F. The van der Waals surface area contributed by atoms with Gasteiger partial charge in [0.15, 0.2) is 5.82 Å². The molecule has 0 aliphatic heterocycles. The number of fused-ring (bicyclic) bond motifs is 3. The van der Waals surface area contributed by atoms with Gasteiger partial charge in [-0.05, 0) is 41.3 Å². The number of carbonyl (C=O) groups is 3. The maximum Gasteiger partial charge on any atom is 0.407 e. The molecule has 0 spiro atoms. The number of carboxylic acid groups (broad SMARTS) is 1. The third-order valence-electron chi connectivity index (χ3n) is 5.56. The summed E-state index contributed by atoms with van der Waals surface area (Å²) < 4.78 is 19.6. The van der Waals surface area contributed by atoms with Crippen molar-refractivity contribution in [3.05, 3.63) is 89.2 Å². The van der Waals surface area contributed by atoms with E-state index in [-0.39, 0.29) is 18.2 Å². The Kier molecular flexibility index (Phi) is 6.08. The molecule has 0 radical (unpaired) electrons. The molecule has 7 nitrogen and oxygen atoms in total. The largest absolute Gasteiger partial charge is 0.478 e. The summed E-state index contributed by atoms with van der Waals surface area (Å²) in [4.78, 5) is 35.8. The lowest BCUT2D eigenvalue weighted by Crippen LogP contribution is -2.42. The highest BCUT2D eigenvalue weighted by atomic mass is 19.1. The van der Waals surface area contributed by atoms with Crippen molar-refractivity contribution < 1.29 is 28.6 Å². The van der Waals surface area contributed by atoms with E-state index < -0.39 is 35.4 Å². The van der Waals surface area contributed by atoms with Crippen LogP contribution in [0.4, 0.5) is 14.9 Å². The van der Waals surface area contributed by atoms with Gasteiger partial charge in [0, 0.05) is 5.92 Å². The molecule has 0 saturated carbocycles. The molecule has 3 aromatic carbocycles. The van der Waals surface area contributed by atoms with Gasteiger partial charge in [0.1, 0.15) is 12.6 Å². The normalized spacial score (nSPS) is 12.9. The van der Waals surface area contributed by atoms with Crippen molar-refractivity contribution in [2.45, 2.75) is 18.9 Å². The number of aromatic carboxylic acids is 1. The number of anilines is 1. The maximum atomic E-state index is 14.2. The summed E-state index contributed by atoms with van der Waals surface area (Å²) in [7, 11) is 0. The number of hydrogen-bond donors (Lipinski definition) is 3. The molecule has 1 aliphatic rings. The van der Waals surface area contributed by atoms with Gasteiger partial charge in [0.25, 0.3) is 0 Å². The third kappa shape index (κ3) is 4.41. The summed E-state index contributed by atoms with van der Waals surface area (Å²) in [6.07, 6.45) is -0.792. The average Bonchev–Trinajstić information content (AvgIpc) is 3.12. The molecule has 3 aromatic rings. The van der Waals surface area contributed by atoms with Crippen LogP contribution >= 0.6 is 0 Å².